The van der Waals surface area contributed by atoms with Gasteiger partial charge in [0.15, 0.2) is 5.82 Å². The number of hydrogen-bond acceptors (Lipinski definition) is 4. The smallest absolute Gasteiger partial charge is 0.158 e. The lowest BCUT2D eigenvalue weighted by atomic mass is 9.88. The van der Waals surface area contributed by atoms with Gasteiger partial charge in [-0.1, -0.05) is 20.8 Å². The van der Waals surface area contributed by atoms with Crippen LogP contribution in [0, 0.1) is 19.3 Å². The van der Waals surface area contributed by atoms with Gasteiger partial charge in [0, 0.05) is 30.6 Å². The first-order valence-electron chi connectivity index (χ1n) is 5.88. The molecule has 2 N–H and O–H groups in total. The van der Waals surface area contributed by atoms with Crippen molar-refractivity contribution in [2.24, 2.45) is 11.1 Å². The molecule has 0 radical (unpaired) electrons. The van der Waals surface area contributed by atoms with Crippen molar-refractivity contribution in [1.82, 2.24) is 9.97 Å². The van der Waals surface area contributed by atoms with Crippen LogP contribution in [0.1, 0.15) is 49.7 Å². The minimum atomic E-state index is -0.105. The third kappa shape index (κ3) is 3.01. The summed E-state index contributed by atoms with van der Waals surface area (Å²) in [5.74, 6) is 0.743. The van der Waals surface area contributed by atoms with Gasteiger partial charge in [0.1, 0.15) is 6.10 Å². The molecule has 1 unspecified atom stereocenters. The zero-order chi connectivity index (χ0) is 13.2. The summed E-state index contributed by atoms with van der Waals surface area (Å²) in [5.41, 5.74) is 8.57. The fraction of sp³-hybridized carbons (Fsp3) is 0.692. The van der Waals surface area contributed by atoms with Gasteiger partial charge in [0.05, 0.1) is 0 Å². The van der Waals surface area contributed by atoms with Gasteiger partial charge in [-0.05, 0) is 19.3 Å². The molecule has 0 aliphatic carbocycles. The van der Waals surface area contributed by atoms with E-state index in [9.17, 15) is 0 Å². The molecular formula is C13H23N3O. The molecule has 1 aromatic heterocycles. The molecule has 1 rings (SSSR count). The molecule has 0 aliphatic heterocycles. The van der Waals surface area contributed by atoms with Crippen LogP contribution in [0.15, 0.2) is 0 Å². The van der Waals surface area contributed by atoms with E-state index in [4.69, 9.17) is 10.5 Å². The number of hydrogen-bond donors (Lipinski definition) is 1. The van der Waals surface area contributed by atoms with Crippen LogP contribution in [0.25, 0.3) is 0 Å². The van der Waals surface area contributed by atoms with E-state index in [-0.39, 0.29) is 11.5 Å². The lowest BCUT2D eigenvalue weighted by Gasteiger charge is -2.28. The Balaban J connectivity index is 3.24. The molecule has 0 amide bonds. The van der Waals surface area contributed by atoms with Crippen LogP contribution < -0.4 is 5.73 Å². The van der Waals surface area contributed by atoms with Crippen LogP contribution in [0.3, 0.4) is 0 Å². The Morgan fingerprint density at radius 3 is 1.94 bits per heavy atom. The maximum absolute atomic E-state index is 5.68. The second kappa shape index (κ2) is 5.10. The normalized spacial score (nSPS) is 13.8. The minimum Gasteiger partial charge on any atom is -0.373 e. The van der Waals surface area contributed by atoms with Crippen LogP contribution in [0.5, 0.6) is 0 Å². The number of aromatic nitrogens is 2. The van der Waals surface area contributed by atoms with E-state index in [0.717, 1.165) is 22.8 Å². The molecule has 0 aliphatic rings. The third-order valence-electron chi connectivity index (χ3n) is 2.90. The topological polar surface area (TPSA) is 61.0 Å². The quantitative estimate of drug-likeness (QED) is 0.876. The molecule has 0 saturated heterocycles. The highest BCUT2D eigenvalue weighted by Crippen LogP contribution is 2.34. The Morgan fingerprint density at radius 1 is 1.18 bits per heavy atom. The second-order valence-corrected chi connectivity index (χ2v) is 5.42. The number of aryl methyl sites for hydroxylation is 2. The van der Waals surface area contributed by atoms with Gasteiger partial charge in [-0.3, -0.25) is 0 Å². The summed E-state index contributed by atoms with van der Waals surface area (Å²) in [5, 5.41) is 0. The van der Waals surface area contributed by atoms with Crippen LogP contribution in [0.2, 0.25) is 0 Å². The van der Waals surface area contributed by atoms with Gasteiger partial charge < -0.3 is 10.5 Å². The average Bonchev–Trinajstić information content (AvgIpc) is 2.15. The molecule has 1 aromatic rings. The zero-order valence-corrected chi connectivity index (χ0v) is 11.7. The van der Waals surface area contributed by atoms with Crippen molar-refractivity contribution in [1.29, 1.82) is 0 Å². The highest BCUT2D eigenvalue weighted by molar-refractivity contribution is 5.24. The number of ether oxygens (including phenoxy) is 1. The molecule has 1 heterocycles. The minimum absolute atomic E-state index is 0.0299. The molecule has 0 spiro atoms. The van der Waals surface area contributed by atoms with Crippen molar-refractivity contribution in [2.75, 3.05) is 7.11 Å². The average molecular weight is 237 g/mol. The van der Waals surface area contributed by atoms with Crippen LogP contribution in [0.4, 0.5) is 0 Å². The standard InChI is InChI=1S/C13H23N3O/c1-8-10(7-14)9(2)16-12(15-8)11(17-6)13(3,4)5/h11H,7,14H2,1-6H3. The second-order valence-electron chi connectivity index (χ2n) is 5.42. The Morgan fingerprint density at radius 2 is 1.65 bits per heavy atom. The lowest BCUT2D eigenvalue weighted by molar-refractivity contribution is 0.00840. The van der Waals surface area contributed by atoms with E-state index in [0.29, 0.717) is 6.54 Å². The molecule has 0 bridgehead atoms. The maximum atomic E-state index is 5.68. The summed E-state index contributed by atoms with van der Waals surface area (Å²) in [7, 11) is 1.70. The van der Waals surface area contributed by atoms with E-state index in [1.54, 1.807) is 7.11 Å². The van der Waals surface area contributed by atoms with Gasteiger partial charge >= 0.3 is 0 Å². The Labute approximate surface area is 104 Å². The zero-order valence-electron chi connectivity index (χ0n) is 11.7. The van der Waals surface area contributed by atoms with Crippen molar-refractivity contribution in [3.05, 3.63) is 22.8 Å². The molecule has 4 heteroatoms. The number of rotatable bonds is 3. The summed E-state index contributed by atoms with van der Waals surface area (Å²) < 4.78 is 5.53. The lowest BCUT2D eigenvalue weighted by Crippen LogP contribution is -2.23. The van der Waals surface area contributed by atoms with E-state index < -0.39 is 0 Å². The summed E-state index contributed by atoms with van der Waals surface area (Å²) >= 11 is 0. The van der Waals surface area contributed by atoms with Gasteiger partial charge in [-0.25, -0.2) is 9.97 Å². The van der Waals surface area contributed by atoms with Crippen molar-refractivity contribution < 1.29 is 4.74 Å². The fourth-order valence-corrected chi connectivity index (χ4v) is 2.02. The van der Waals surface area contributed by atoms with Crippen molar-refractivity contribution in [3.63, 3.8) is 0 Å². The SMILES string of the molecule is COC(c1nc(C)c(CN)c(C)n1)C(C)(C)C. The Kier molecular flexibility index (Phi) is 4.22. The highest BCUT2D eigenvalue weighted by Gasteiger charge is 2.29. The predicted molar refractivity (Wildman–Crippen MR) is 68.6 cm³/mol. The Bertz CT molecular complexity index is 373. The predicted octanol–water partition coefficient (Wildman–Crippen LogP) is 2.29. The van der Waals surface area contributed by atoms with Gasteiger partial charge in [0.2, 0.25) is 0 Å². The van der Waals surface area contributed by atoms with E-state index in [2.05, 4.69) is 30.7 Å². The monoisotopic (exact) mass is 237 g/mol. The maximum Gasteiger partial charge on any atom is 0.158 e. The molecule has 96 valence electrons. The molecular weight excluding hydrogens is 214 g/mol. The first-order valence-corrected chi connectivity index (χ1v) is 5.88. The first-order chi connectivity index (χ1) is 7.81. The number of methoxy groups -OCH3 is 1. The highest BCUT2D eigenvalue weighted by atomic mass is 16.5. The van der Waals surface area contributed by atoms with E-state index in [1.807, 2.05) is 13.8 Å². The fourth-order valence-electron chi connectivity index (χ4n) is 2.02. The van der Waals surface area contributed by atoms with Gasteiger partial charge in [-0.2, -0.15) is 0 Å². The molecule has 4 nitrogen and oxygen atoms in total. The Hall–Kier alpha value is -1.00. The summed E-state index contributed by atoms with van der Waals surface area (Å²) in [6.45, 7) is 10.8. The number of nitrogens with two attached hydrogens (primary N) is 1. The molecule has 17 heavy (non-hydrogen) atoms. The van der Waals surface area contributed by atoms with Crippen LogP contribution in [-0.2, 0) is 11.3 Å². The van der Waals surface area contributed by atoms with Crippen molar-refractivity contribution in [2.45, 2.75) is 47.3 Å². The third-order valence-corrected chi connectivity index (χ3v) is 2.90. The largest absolute Gasteiger partial charge is 0.373 e. The molecule has 0 fully saturated rings. The van der Waals surface area contributed by atoms with Gasteiger partial charge in [-0.15, -0.1) is 0 Å². The summed E-state index contributed by atoms with van der Waals surface area (Å²) in [6, 6.07) is 0. The van der Waals surface area contributed by atoms with Crippen molar-refractivity contribution >= 4 is 0 Å². The van der Waals surface area contributed by atoms with E-state index in [1.165, 1.54) is 0 Å². The molecule has 0 saturated carbocycles. The summed E-state index contributed by atoms with van der Waals surface area (Å²) in [6.07, 6.45) is -0.105. The first kappa shape index (κ1) is 14.1. The number of nitrogens with zero attached hydrogens (tertiary/aromatic N) is 2. The molecule has 0 aromatic carbocycles. The van der Waals surface area contributed by atoms with E-state index >= 15 is 0 Å². The van der Waals surface area contributed by atoms with Crippen LogP contribution in [-0.4, -0.2) is 17.1 Å². The molecule has 1 atom stereocenters. The summed E-state index contributed by atoms with van der Waals surface area (Å²) in [4.78, 5) is 9.05. The van der Waals surface area contributed by atoms with Gasteiger partial charge in [0.25, 0.3) is 0 Å². The van der Waals surface area contributed by atoms with Crippen LogP contribution >= 0.6 is 0 Å². The van der Waals surface area contributed by atoms with Crippen molar-refractivity contribution in [3.8, 4) is 0 Å².